The summed E-state index contributed by atoms with van der Waals surface area (Å²) in [5, 5.41) is 8.79. The van der Waals surface area contributed by atoms with Crippen molar-refractivity contribution in [2.75, 3.05) is 41.4 Å². The number of hydrogen-bond donors (Lipinski definition) is 1. The van der Waals surface area contributed by atoms with Gasteiger partial charge in [-0.3, -0.25) is 5.41 Å². The molecule has 0 aromatic heterocycles. The zero-order chi connectivity index (χ0) is 15.6. The summed E-state index contributed by atoms with van der Waals surface area (Å²) in [7, 11) is 7.17. The number of amidine groups is 1. The molecule has 1 unspecified atom stereocenters. The molecule has 2 aliphatic rings. The van der Waals surface area contributed by atoms with Crippen molar-refractivity contribution in [3.8, 4) is 0 Å². The third kappa shape index (κ3) is 3.20. The summed E-state index contributed by atoms with van der Waals surface area (Å²) in [4.78, 5) is 8.20. The smallest absolute Gasteiger partial charge is 0.201 e. The minimum atomic E-state index is -0.299. The van der Waals surface area contributed by atoms with Crippen molar-refractivity contribution in [2.45, 2.75) is 6.10 Å². The van der Waals surface area contributed by atoms with Crippen LogP contribution in [0.5, 0.6) is 0 Å². The third-order valence-corrected chi connectivity index (χ3v) is 3.70. The van der Waals surface area contributed by atoms with Crippen LogP contribution in [0.25, 0.3) is 0 Å². The predicted octanol–water partition coefficient (Wildman–Crippen LogP) is 1.05. The van der Waals surface area contributed by atoms with Crippen LogP contribution in [0.2, 0.25) is 0 Å². The summed E-state index contributed by atoms with van der Waals surface area (Å²) in [6, 6.07) is 0. The second-order valence-corrected chi connectivity index (χ2v) is 5.44. The Kier molecular flexibility index (Phi) is 4.87. The molecule has 0 bridgehead atoms. The summed E-state index contributed by atoms with van der Waals surface area (Å²) >= 11 is 5.31. The van der Waals surface area contributed by atoms with Gasteiger partial charge < -0.3 is 19.3 Å². The van der Waals surface area contributed by atoms with Crippen LogP contribution in [-0.4, -0.2) is 74.0 Å². The topological polar surface area (TPSA) is 61.2 Å². The molecule has 1 heterocycles. The highest BCUT2D eigenvalue weighted by Gasteiger charge is 2.31. The lowest BCUT2D eigenvalue weighted by atomic mass is 9.97. The Morgan fingerprint density at radius 1 is 1.43 bits per heavy atom. The summed E-state index contributed by atoms with van der Waals surface area (Å²) in [5.41, 5.74) is 1.39. The van der Waals surface area contributed by atoms with Crippen LogP contribution < -0.4 is 0 Å². The molecule has 1 N–H and O–H groups in total. The summed E-state index contributed by atoms with van der Waals surface area (Å²) in [6.07, 6.45) is 3.34. The second kappa shape index (κ2) is 6.46. The van der Waals surface area contributed by atoms with Crippen LogP contribution in [0.1, 0.15) is 0 Å². The number of nitrogens with one attached hydrogen (secondary N) is 1. The number of allylic oxidation sites excluding steroid dienone is 1. The molecule has 0 saturated heterocycles. The van der Waals surface area contributed by atoms with Gasteiger partial charge in [-0.15, -0.1) is 0 Å². The lowest BCUT2D eigenvalue weighted by molar-refractivity contribution is 0.110. The Labute approximate surface area is 130 Å². The highest BCUT2D eigenvalue weighted by atomic mass is 32.1. The first-order valence-corrected chi connectivity index (χ1v) is 7.03. The second-order valence-electron chi connectivity index (χ2n) is 5.07. The fourth-order valence-corrected chi connectivity index (χ4v) is 2.46. The maximum absolute atomic E-state index is 8.38. The van der Waals surface area contributed by atoms with Gasteiger partial charge in [0.2, 0.25) is 5.11 Å². The molecule has 0 fully saturated rings. The molecule has 114 valence electrons. The first-order valence-electron chi connectivity index (χ1n) is 6.62. The van der Waals surface area contributed by atoms with Crippen LogP contribution in [0.3, 0.4) is 0 Å². The SMILES string of the molecule is COC1=CC2=NC(=S)N(CCN(C)C)C(=N)C2=CC1OC. The van der Waals surface area contributed by atoms with Crippen LogP contribution in [-0.2, 0) is 9.47 Å². The van der Waals surface area contributed by atoms with E-state index in [4.69, 9.17) is 27.1 Å². The lowest BCUT2D eigenvalue weighted by Crippen LogP contribution is -2.45. The van der Waals surface area contributed by atoms with Gasteiger partial charge in [0.15, 0.2) is 0 Å². The highest BCUT2D eigenvalue weighted by Crippen LogP contribution is 2.24. The lowest BCUT2D eigenvalue weighted by Gasteiger charge is -2.32. The standard InChI is InChI=1S/C14H20N4O2S/c1-17(2)5-6-18-13(15)9-7-11(19-3)12(20-4)8-10(9)16-14(18)21/h7-8,11,15H,5-6H2,1-4H3. The van der Waals surface area contributed by atoms with E-state index in [0.717, 1.165) is 12.1 Å². The normalized spacial score (nSPS) is 21.9. The Bertz CT molecular complexity index is 551. The number of rotatable bonds is 5. The largest absolute Gasteiger partial charge is 0.498 e. The molecule has 1 atom stereocenters. The van der Waals surface area contributed by atoms with Crippen molar-refractivity contribution in [2.24, 2.45) is 4.99 Å². The zero-order valence-electron chi connectivity index (χ0n) is 12.7. The summed E-state index contributed by atoms with van der Waals surface area (Å²) < 4.78 is 10.7. The van der Waals surface area contributed by atoms with E-state index in [-0.39, 0.29) is 6.10 Å². The van der Waals surface area contributed by atoms with Gasteiger partial charge in [0.1, 0.15) is 17.7 Å². The van der Waals surface area contributed by atoms with Gasteiger partial charge in [-0.05, 0) is 32.4 Å². The monoisotopic (exact) mass is 308 g/mol. The van der Waals surface area contributed by atoms with Crippen LogP contribution >= 0.6 is 12.2 Å². The van der Waals surface area contributed by atoms with Gasteiger partial charge in [0.25, 0.3) is 0 Å². The van der Waals surface area contributed by atoms with E-state index >= 15 is 0 Å². The van der Waals surface area contributed by atoms with Crippen molar-refractivity contribution >= 4 is 28.9 Å². The average Bonchev–Trinajstić information content (AvgIpc) is 2.45. The molecule has 0 spiro atoms. The number of nitrogens with zero attached hydrogens (tertiary/aromatic N) is 3. The van der Waals surface area contributed by atoms with Gasteiger partial charge in [-0.2, -0.15) is 0 Å². The number of likely N-dealkylation sites (N-methyl/N-ethyl adjacent to an activating group) is 1. The van der Waals surface area contributed by atoms with Crippen molar-refractivity contribution < 1.29 is 9.47 Å². The maximum Gasteiger partial charge on any atom is 0.201 e. The van der Waals surface area contributed by atoms with Crippen LogP contribution in [0, 0.1) is 5.41 Å². The molecule has 6 nitrogen and oxygen atoms in total. The molecular formula is C14H20N4O2S. The van der Waals surface area contributed by atoms with Gasteiger partial charge in [0.05, 0.1) is 12.8 Å². The van der Waals surface area contributed by atoms with Gasteiger partial charge in [0, 0.05) is 31.8 Å². The Balaban J connectivity index is 2.31. The van der Waals surface area contributed by atoms with Crippen molar-refractivity contribution in [3.63, 3.8) is 0 Å². The fraction of sp³-hybridized carbons (Fsp3) is 0.500. The molecule has 0 saturated carbocycles. The minimum absolute atomic E-state index is 0.299. The maximum atomic E-state index is 8.38. The van der Waals surface area contributed by atoms with E-state index in [0.29, 0.717) is 29.0 Å². The van der Waals surface area contributed by atoms with Crippen LogP contribution in [0.15, 0.2) is 28.5 Å². The Morgan fingerprint density at radius 3 is 2.71 bits per heavy atom. The molecule has 0 amide bonds. The van der Waals surface area contributed by atoms with E-state index in [1.165, 1.54) is 0 Å². The molecule has 21 heavy (non-hydrogen) atoms. The van der Waals surface area contributed by atoms with E-state index in [1.54, 1.807) is 25.2 Å². The van der Waals surface area contributed by atoms with E-state index in [1.807, 2.05) is 25.1 Å². The first-order chi connectivity index (χ1) is 9.97. The predicted molar refractivity (Wildman–Crippen MR) is 87.0 cm³/mol. The Hall–Kier alpha value is -1.57. The summed E-state index contributed by atoms with van der Waals surface area (Å²) in [6.45, 7) is 1.44. The number of fused-ring (bicyclic) bond motifs is 1. The number of methoxy groups -OCH3 is 2. The quantitative estimate of drug-likeness (QED) is 0.769. The van der Waals surface area contributed by atoms with Crippen molar-refractivity contribution in [3.05, 3.63) is 23.5 Å². The Morgan fingerprint density at radius 2 is 2.14 bits per heavy atom. The number of aliphatic imine (C=N–C) groups is 1. The fourth-order valence-electron chi connectivity index (χ4n) is 2.18. The zero-order valence-corrected chi connectivity index (χ0v) is 13.5. The molecule has 7 heteroatoms. The molecule has 1 aliphatic heterocycles. The van der Waals surface area contributed by atoms with E-state index < -0.39 is 0 Å². The number of hydrogen-bond acceptors (Lipinski definition) is 5. The molecule has 0 aromatic rings. The number of ether oxygens (including phenoxy) is 2. The molecule has 0 radical (unpaired) electrons. The van der Waals surface area contributed by atoms with Crippen molar-refractivity contribution in [1.29, 1.82) is 5.41 Å². The third-order valence-electron chi connectivity index (χ3n) is 3.39. The molecule has 0 aromatic carbocycles. The van der Waals surface area contributed by atoms with E-state index in [2.05, 4.69) is 4.99 Å². The highest BCUT2D eigenvalue weighted by molar-refractivity contribution is 7.80. The summed E-state index contributed by atoms with van der Waals surface area (Å²) in [5.74, 6) is 1.03. The van der Waals surface area contributed by atoms with Crippen LogP contribution in [0.4, 0.5) is 0 Å². The molecule has 1 aliphatic carbocycles. The van der Waals surface area contributed by atoms with Gasteiger partial charge >= 0.3 is 0 Å². The average molecular weight is 308 g/mol. The van der Waals surface area contributed by atoms with Crippen molar-refractivity contribution in [1.82, 2.24) is 9.80 Å². The molecular weight excluding hydrogens is 288 g/mol. The van der Waals surface area contributed by atoms with Gasteiger partial charge in [-0.1, -0.05) is 0 Å². The minimum Gasteiger partial charge on any atom is -0.498 e. The molecule has 2 rings (SSSR count). The first kappa shape index (κ1) is 15.8. The van der Waals surface area contributed by atoms with E-state index in [9.17, 15) is 0 Å². The van der Waals surface area contributed by atoms with Gasteiger partial charge in [-0.25, -0.2) is 4.99 Å². The number of thiocarbonyl (C=S) groups is 1.